The molecule has 17 heavy (non-hydrogen) atoms. The molecule has 96 valence electrons. The second-order valence-corrected chi connectivity index (χ2v) is 4.69. The predicted octanol–water partition coefficient (Wildman–Crippen LogP) is 1.93. The maximum absolute atomic E-state index is 11.6. The van der Waals surface area contributed by atoms with E-state index in [2.05, 4.69) is 28.9 Å². The Morgan fingerprint density at radius 1 is 1.47 bits per heavy atom. The molecule has 1 heterocycles. The van der Waals surface area contributed by atoms with Crippen LogP contribution in [0.3, 0.4) is 0 Å². The van der Waals surface area contributed by atoms with Gasteiger partial charge in [0.2, 0.25) is 0 Å². The van der Waals surface area contributed by atoms with E-state index >= 15 is 0 Å². The number of carbonyl (C=O) groups is 1. The molecule has 0 unspecified atom stereocenters. The first-order chi connectivity index (χ1) is 8.13. The van der Waals surface area contributed by atoms with E-state index in [0.717, 1.165) is 24.4 Å². The van der Waals surface area contributed by atoms with E-state index in [4.69, 9.17) is 5.73 Å². The standard InChI is InChI=1S/C11H20N4OS/c1-4-7(5-2)6-14-11-8(10(16)13-3)9(12)15-17-11/h7,14H,4-6H2,1-3H3,(H2,12,15)(H,13,16). The van der Waals surface area contributed by atoms with Crippen molar-refractivity contribution < 1.29 is 4.79 Å². The number of anilines is 2. The third-order valence-electron chi connectivity index (χ3n) is 2.88. The zero-order chi connectivity index (χ0) is 12.8. The van der Waals surface area contributed by atoms with Crippen LogP contribution in [0.15, 0.2) is 0 Å². The number of nitrogens with zero attached hydrogens (tertiary/aromatic N) is 1. The third-order valence-corrected chi connectivity index (χ3v) is 3.70. The molecular weight excluding hydrogens is 236 g/mol. The highest BCUT2D eigenvalue weighted by Crippen LogP contribution is 2.27. The van der Waals surface area contributed by atoms with Gasteiger partial charge >= 0.3 is 0 Å². The SMILES string of the molecule is CCC(CC)CNc1snc(N)c1C(=O)NC. The molecule has 6 heteroatoms. The fourth-order valence-corrected chi connectivity index (χ4v) is 2.30. The fraction of sp³-hybridized carbons (Fsp3) is 0.636. The lowest BCUT2D eigenvalue weighted by molar-refractivity contribution is 0.0965. The molecule has 0 saturated heterocycles. The zero-order valence-electron chi connectivity index (χ0n) is 10.5. The van der Waals surface area contributed by atoms with Crippen LogP contribution in [-0.4, -0.2) is 23.9 Å². The summed E-state index contributed by atoms with van der Waals surface area (Å²) in [5.41, 5.74) is 6.15. The second-order valence-electron chi connectivity index (χ2n) is 3.91. The number of rotatable bonds is 6. The molecule has 0 saturated carbocycles. The zero-order valence-corrected chi connectivity index (χ0v) is 11.4. The van der Waals surface area contributed by atoms with Crippen LogP contribution in [0.5, 0.6) is 0 Å². The smallest absolute Gasteiger partial charge is 0.257 e. The summed E-state index contributed by atoms with van der Waals surface area (Å²) in [6.45, 7) is 5.17. The van der Waals surface area contributed by atoms with Crippen molar-refractivity contribution in [2.24, 2.45) is 5.92 Å². The highest BCUT2D eigenvalue weighted by molar-refractivity contribution is 7.11. The molecule has 0 atom stereocenters. The van der Waals surface area contributed by atoms with Gasteiger partial charge in [-0.1, -0.05) is 26.7 Å². The molecule has 0 bridgehead atoms. The van der Waals surface area contributed by atoms with Gasteiger partial charge in [0.15, 0.2) is 5.82 Å². The fourth-order valence-electron chi connectivity index (χ4n) is 1.58. The van der Waals surface area contributed by atoms with Crippen molar-refractivity contribution >= 4 is 28.3 Å². The Morgan fingerprint density at radius 3 is 2.65 bits per heavy atom. The quantitative estimate of drug-likeness (QED) is 0.726. The number of amides is 1. The number of nitrogens with two attached hydrogens (primary N) is 1. The van der Waals surface area contributed by atoms with Gasteiger partial charge in [-0.05, 0) is 17.5 Å². The van der Waals surface area contributed by atoms with Crippen molar-refractivity contribution in [3.05, 3.63) is 5.56 Å². The average Bonchev–Trinajstić information content (AvgIpc) is 2.71. The summed E-state index contributed by atoms with van der Waals surface area (Å²) >= 11 is 1.24. The van der Waals surface area contributed by atoms with E-state index in [-0.39, 0.29) is 5.91 Å². The molecule has 1 aromatic rings. The monoisotopic (exact) mass is 256 g/mol. The van der Waals surface area contributed by atoms with Gasteiger partial charge in [-0.25, -0.2) is 0 Å². The summed E-state index contributed by atoms with van der Waals surface area (Å²) in [4.78, 5) is 11.6. The summed E-state index contributed by atoms with van der Waals surface area (Å²) in [5.74, 6) is 0.709. The summed E-state index contributed by atoms with van der Waals surface area (Å²) in [6, 6.07) is 0. The molecule has 0 aliphatic heterocycles. The molecule has 0 fully saturated rings. The summed E-state index contributed by atoms with van der Waals surface area (Å²) in [5, 5.41) is 6.60. The normalized spacial score (nSPS) is 10.6. The van der Waals surface area contributed by atoms with E-state index in [1.807, 2.05) is 0 Å². The van der Waals surface area contributed by atoms with Crippen LogP contribution >= 0.6 is 11.5 Å². The Hall–Kier alpha value is -1.30. The minimum atomic E-state index is -0.191. The number of hydrogen-bond acceptors (Lipinski definition) is 5. The Bertz CT molecular complexity index is 374. The lowest BCUT2D eigenvalue weighted by Gasteiger charge is -2.13. The van der Waals surface area contributed by atoms with E-state index in [0.29, 0.717) is 17.3 Å². The van der Waals surface area contributed by atoms with Gasteiger partial charge in [0.1, 0.15) is 10.6 Å². The van der Waals surface area contributed by atoms with Crippen molar-refractivity contribution in [2.45, 2.75) is 26.7 Å². The Kier molecular flexibility index (Phi) is 5.21. The van der Waals surface area contributed by atoms with E-state index in [1.54, 1.807) is 7.05 Å². The lowest BCUT2D eigenvalue weighted by Crippen LogP contribution is -2.21. The Morgan fingerprint density at radius 2 is 2.12 bits per heavy atom. The van der Waals surface area contributed by atoms with Gasteiger partial charge in [0, 0.05) is 13.6 Å². The van der Waals surface area contributed by atoms with Crippen LogP contribution in [-0.2, 0) is 0 Å². The van der Waals surface area contributed by atoms with Gasteiger partial charge in [0.05, 0.1) is 0 Å². The molecule has 5 nitrogen and oxygen atoms in total. The molecule has 4 N–H and O–H groups in total. The molecule has 1 aromatic heterocycles. The second kappa shape index (κ2) is 6.44. The summed E-state index contributed by atoms with van der Waals surface area (Å²) in [6.07, 6.45) is 2.24. The highest BCUT2D eigenvalue weighted by Gasteiger charge is 2.18. The lowest BCUT2D eigenvalue weighted by atomic mass is 10.0. The molecule has 0 spiro atoms. The number of hydrogen-bond donors (Lipinski definition) is 3. The average molecular weight is 256 g/mol. The molecule has 1 rings (SSSR count). The van der Waals surface area contributed by atoms with E-state index < -0.39 is 0 Å². The molecule has 0 aromatic carbocycles. The van der Waals surface area contributed by atoms with Crippen molar-refractivity contribution in [3.63, 3.8) is 0 Å². The van der Waals surface area contributed by atoms with Gasteiger partial charge < -0.3 is 16.4 Å². The maximum atomic E-state index is 11.6. The van der Waals surface area contributed by atoms with Crippen LogP contribution in [0.25, 0.3) is 0 Å². The first kappa shape index (κ1) is 13.8. The van der Waals surface area contributed by atoms with Crippen LogP contribution in [0.2, 0.25) is 0 Å². The number of nitrogens with one attached hydrogen (secondary N) is 2. The largest absolute Gasteiger partial charge is 0.382 e. The molecule has 0 aliphatic carbocycles. The van der Waals surface area contributed by atoms with Crippen molar-refractivity contribution in [1.29, 1.82) is 0 Å². The van der Waals surface area contributed by atoms with Gasteiger partial charge in [-0.2, -0.15) is 4.37 Å². The Labute approximate surface area is 106 Å². The number of carbonyl (C=O) groups excluding carboxylic acids is 1. The minimum absolute atomic E-state index is 0.191. The first-order valence-electron chi connectivity index (χ1n) is 5.85. The van der Waals surface area contributed by atoms with Gasteiger partial charge in [0.25, 0.3) is 5.91 Å². The molecular formula is C11H20N4OS. The van der Waals surface area contributed by atoms with Crippen LogP contribution in [0, 0.1) is 5.92 Å². The topological polar surface area (TPSA) is 80.0 Å². The van der Waals surface area contributed by atoms with Crippen molar-refractivity contribution in [3.8, 4) is 0 Å². The maximum Gasteiger partial charge on any atom is 0.257 e. The van der Waals surface area contributed by atoms with Gasteiger partial charge in [-0.15, -0.1) is 0 Å². The molecule has 0 aliphatic rings. The van der Waals surface area contributed by atoms with Crippen molar-refractivity contribution in [1.82, 2.24) is 9.69 Å². The van der Waals surface area contributed by atoms with Crippen LogP contribution in [0.1, 0.15) is 37.0 Å². The highest BCUT2D eigenvalue weighted by atomic mass is 32.1. The van der Waals surface area contributed by atoms with Crippen molar-refractivity contribution in [2.75, 3.05) is 24.6 Å². The number of nitrogen functional groups attached to an aromatic ring is 1. The summed E-state index contributed by atoms with van der Waals surface area (Å²) < 4.78 is 4.01. The van der Waals surface area contributed by atoms with Crippen LogP contribution < -0.4 is 16.4 Å². The van der Waals surface area contributed by atoms with Gasteiger partial charge in [-0.3, -0.25) is 4.79 Å². The van der Waals surface area contributed by atoms with E-state index in [9.17, 15) is 4.79 Å². The first-order valence-corrected chi connectivity index (χ1v) is 6.62. The minimum Gasteiger partial charge on any atom is -0.382 e. The summed E-state index contributed by atoms with van der Waals surface area (Å²) in [7, 11) is 1.59. The molecule has 1 amide bonds. The Balaban J connectivity index is 2.74. The van der Waals surface area contributed by atoms with Crippen LogP contribution in [0.4, 0.5) is 10.8 Å². The molecule has 0 radical (unpaired) electrons. The number of aromatic nitrogens is 1. The third kappa shape index (κ3) is 3.33. The predicted molar refractivity (Wildman–Crippen MR) is 72.5 cm³/mol. The van der Waals surface area contributed by atoms with E-state index in [1.165, 1.54) is 11.5 Å².